The Hall–Kier alpha value is -3.65. The van der Waals surface area contributed by atoms with Crippen LogP contribution in [-0.4, -0.2) is 75.7 Å². The molecule has 9 N–H and O–H groups in total. The number of hydrogen-bond donors (Lipinski definition) is 8. The van der Waals surface area contributed by atoms with E-state index in [9.17, 15) is 33.9 Å². The van der Waals surface area contributed by atoms with Gasteiger partial charge in [0.05, 0.1) is 6.04 Å². The van der Waals surface area contributed by atoms with Gasteiger partial charge in [0.25, 0.3) is 0 Å². The molecule has 4 unspecified atom stereocenters. The number of benzene rings is 1. The molecule has 0 aliphatic heterocycles. The van der Waals surface area contributed by atoms with Crippen LogP contribution in [0.1, 0.15) is 31.2 Å². The molecule has 13 nitrogen and oxygen atoms in total. The van der Waals surface area contributed by atoms with Crippen LogP contribution < -0.4 is 27.4 Å². The summed E-state index contributed by atoms with van der Waals surface area (Å²) < 4.78 is 0. The molecular weight excluding hydrogens is 494 g/mol. The van der Waals surface area contributed by atoms with Gasteiger partial charge in [-0.25, -0.2) is 4.79 Å². The fourth-order valence-corrected chi connectivity index (χ4v) is 3.32. The first-order chi connectivity index (χ1) is 16.9. The summed E-state index contributed by atoms with van der Waals surface area (Å²) in [5.41, 5.74) is 11.7. The maximum atomic E-state index is 12.8. The van der Waals surface area contributed by atoms with Crippen LogP contribution in [0.3, 0.4) is 0 Å². The summed E-state index contributed by atoms with van der Waals surface area (Å²) in [5, 5.41) is 25.2. The number of carboxylic acids is 2. The molecular formula is C22H31N5O8S. The molecule has 198 valence electrons. The number of carbonyl (C=O) groups excluding carboxylic acids is 4. The summed E-state index contributed by atoms with van der Waals surface area (Å²) in [6.07, 6.45) is -1.13. The van der Waals surface area contributed by atoms with E-state index in [1.165, 1.54) is 0 Å². The van der Waals surface area contributed by atoms with E-state index in [1.807, 2.05) is 0 Å². The van der Waals surface area contributed by atoms with Gasteiger partial charge in [-0.15, -0.1) is 0 Å². The Morgan fingerprint density at radius 2 is 1.33 bits per heavy atom. The third kappa shape index (κ3) is 11.2. The van der Waals surface area contributed by atoms with Gasteiger partial charge in [0.15, 0.2) is 0 Å². The number of nitrogens with two attached hydrogens (primary N) is 2. The molecule has 0 heterocycles. The lowest BCUT2D eigenvalue weighted by Gasteiger charge is -2.24. The van der Waals surface area contributed by atoms with Crippen LogP contribution in [0.5, 0.6) is 0 Å². The predicted octanol–water partition coefficient (Wildman–Crippen LogP) is -1.84. The smallest absolute Gasteiger partial charge is 0.326 e. The first-order valence-electron chi connectivity index (χ1n) is 11.0. The first-order valence-corrected chi connectivity index (χ1v) is 11.6. The van der Waals surface area contributed by atoms with E-state index in [4.69, 9.17) is 16.6 Å². The van der Waals surface area contributed by atoms with Crippen molar-refractivity contribution >= 4 is 48.2 Å². The fraction of sp³-hybridized carbons (Fsp3) is 0.455. The van der Waals surface area contributed by atoms with Gasteiger partial charge in [0, 0.05) is 18.6 Å². The van der Waals surface area contributed by atoms with Crippen molar-refractivity contribution in [3.63, 3.8) is 0 Å². The van der Waals surface area contributed by atoms with Crippen molar-refractivity contribution in [1.29, 1.82) is 0 Å². The van der Waals surface area contributed by atoms with Gasteiger partial charge in [-0.05, 0) is 24.8 Å². The lowest BCUT2D eigenvalue weighted by Crippen LogP contribution is -2.57. The highest BCUT2D eigenvalue weighted by atomic mass is 32.1. The van der Waals surface area contributed by atoms with Gasteiger partial charge in [-0.1, -0.05) is 30.3 Å². The van der Waals surface area contributed by atoms with Crippen molar-refractivity contribution in [1.82, 2.24) is 16.0 Å². The monoisotopic (exact) mass is 525 g/mol. The standard InChI is InChI=1S/C22H31N5O8S/c23-13(10-12-4-2-1-3-5-12)19(31)25-14(7-9-18(29)30)20(32)27-16(11-36)21(33)26-15(22(34)35)6-8-17(24)28/h1-5,13-16,36H,6-11,23H2,(H2,24,28)(H,25,31)(H,26,33)(H,27,32)(H,29,30)(H,34,35). The van der Waals surface area contributed by atoms with E-state index in [-0.39, 0.29) is 31.4 Å². The molecule has 36 heavy (non-hydrogen) atoms. The molecule has 0 radical (unpaired) electrons. The second-order valence-corrected chi connectivity index (χ2v) is 8.30. The molecule has 0 aliphatic carbocycles. The normalized spacial score (nSPS) is 13.9. The minimum atomic E-state index is -1.44. The SMILES string of the molecule is NC(=O)CCC(NC(=O)C(CS)NC(=O)C(CCC(=O)O)NC(=O)C(N)Cc1ccccc1)C(=O)O. The van der Waals surface area contributed by atoms with Gasteiger partial charge >= 0.3 is 11.9 Å². The highest BCUT2D eigenvalue weighted by Crippen LogP contribution is 2.05. The predicted molar refractivity (Wildman–Crippen MR) is 131 cm³/mol. The van der Waals surface area contributed by atoms with Gasteiger partial charge in [0.2, 0.25) is 23.6 Å². The Balaban J connectivity index is 2.87. The zero-order valence-electron chi connectivity index (χ0n) is 19.4. The lowest BCUT2D eigenvalue weighted by atomic mass is 10.0. The Morgan fingerprint density at radius 1 is 0.806 bits per heavy atom. The van der Waals surface area contributed by atoms with E-state index in [0.717, 1.165) is 5.56 Å². The molecule has 0 aliphatic rings. The molecule has 4 atom stereocenters. The Morgan fingerprint density at radius 3 is 1.86 bits per heavy atom. The number of primary amides is 1. The van der Waals surface area contributed by atoms with Gasteiger partial charge in [0.1, 0.15) is 18.1 Å². The van der Waals surface area contributed by atoms with Crippen molar-refractivity contribution in [2.45, 2.75) is 56.3 Å². The van der Waals surface area contributed by atoms with Gasteiger partial charge in [-0.2, -0.15) is 12.6 Å². The third-order valence-electron chi connectivity index (χ3n) is 5.02. The number of amides is 4. The molecule has 0 spiro atoms. The molecule has 14 heteroatoms. The summed E-state index contributed by atoms with van der Waals surface area (Å²) in [6.45, 7) is 0. The van der Waals surface area contributed by atoms with Crippen molar-refractivity contribution in [3.05, 3.63) is 35.9 Å². The quantitative estimate of drug-likeness (QED) is 0.113. The maximum Gasteiger partial charge on any atom is 0.326 e. The molecule has 1 aromatic carbocycles. The van der Waals surface area contributed by atoms with Crippen molar-refractivity contribution in [2.24, 2.45) is 11.5 Å². The van der Waals surface area contributed by atoms with Crippen LogP contribution in [0.2, 0.25) is 0 Å². The first kappa shape index (κ1) is 30.4. The van der Waals surface area contributed by atoms with E-state index >= 15 is 0 Å². The van der Waals surface area contributed by atoms with Gasteiger partial charge in [-0.3, -0.25) is 24.0 Å². The minimum Gasteiger partial charge on any atom is -0.481 e. The number of carbonyl (C=O) groups is 6. The van der Waals surface area contributed by atoms with Crippen molar-refractivity contribution < 1.29 is 39.0 Å². The summed E-state index contributed by atoms with van der Waals surface area (Å²) in [6, 6.07) is 3.75. The van der Waals surface area contributed by atoms with Crippen LogP contribution in [0.4, 0.5) is 0 Å². The average Bonchev–Trinajstić information content (AvgIpc) is 2.82. The van der Waals surface area contributed by atoms with Crippen molar-refractivity contribution in [2.75, 3.05) is 5.75 Å². The molecule has 4 amide bonds. The van der Waals surface area contributed by atoms with E-state index < -0.39 is 66.2 Å². The van der Waals surface area contributed by atoms with E-state index in [0.29, 0.717) is 0 Å². The minimum absolute atomic E-state index is 0.170. The lowest BCUT2D eigenvalue weighted by molar-refractivity contribution is -0.142. The van der Waals surface area contributed by atoms with Crippen LogP contribution in [0.25, 0.3) is 0 Å². The van der Waals surface area contributed by atoms with Crippen LogP contribution in [0, 0.1) is 0 Å². The maximum absolute atomic E-state index is 12.8. The second-order valence-electron chi connectivity index (χ2n) is 7.94. The number of thiol groups is 1. The molecule has 0 aromatic heterocycles. The highest BCUT2D eigenvalue weighted by molar-refractivity contribution is 7.80. The molecule has 0 saturated carbocycles. The summed E-state index contributed by atoms with van der Waals surface area (Å²) in [5.74, 6) is -6.10. The summed E-state index contributed by atoms with van der Waals surface area (Å²) >= 11 is 4.00. The summed E-state index contributed by atoms with van der Waals surface area (Å²) in [4.78, 5) is 71.3. The Bertz CT molecular complexity index is 946. The zero-order chi connectivity index (χ0) is 27.3. The molecule has 1 rings (SSSR count). The molecule has 0 saturated heterocycles. The van der Waals surface area contributed by atoms with Gasteiger partial charge < -0.3 is 37.6 Å². The second kappa shape index (κ2) is 15.4. The van der Waals surface area contributed by atoms with Crippen LogP contribution >= 0.6 is 12.6 Å². The number of hydrogen-bond acceptors (Lipinski definition) is 8. The highest BCUT2D eigenvalue weighted by Gasteiger charge is 2.30. The van der Waals surface area contributed by atoms with E-state index in [1.54, 1.807) is 30.3 Å². The fourth-order valence-electron chi connectivity index (χ4n) is 3.06. The zero-order valence-corrected chi connectivity index (χ0v) is 20.3. The molecule has 0 bridgehead atoms. The largest absolute Gasteiger partial charge is 0.481 e. The number of aliphatic carboxylic acids is 2. The molecule has 0 fully saturated rings. The van der Waals surface area contributed by atoms with Crippen LogP contribution in [0.15, 0.2) is 30.3 Å². The third-order valence-corrected chi connectivity index (χ3v) is 5.39. The molecule has 1 aromatic rings. The number of carboxylic acid groups (broad SMARTS) is 2. The Labute approximate surface area is 212 Å². The van der Waals surface area contributed by atoms with Crippen LogP contribution in [-0.2, 0) is 35.2 Å². The summed E-state index contributed by atoms with van der Waals surface area (Å²) in [7, 11) is 0. The topological polar surface area (TPSA) is 231 Å². The van der Waals surface area contributed by atoms with E-state index in [2.05, 4.69) is 28.6 Å². The van der Waals surface area contributed by atoms with Crippen molar-refractivity contribution in [3.8, 4) is 0 Å². The number of rotatable bonds is 16. The Kier molecular flexibility index (Phi) is 13.0. The number of nitrogens with one attached hydrogen (secondary N) is 3. The average molecular weight is 526 g/mol.